The molecule has 0 bridgehead atoms. The molecule has 1 aromatic heterocycles. The van der Waals surface area contributed by atoms with Gasteiger partial charge in [-0.3, -0.25) is 0 Å². The predicted octanol–water partition coefficient (Wildman–Crippen LogP) is 4.20. The van der Waals surface area contributed by atoms with Crippen LogP contribution in [0.25, 0.3) is 0 Å². The minimum atomic E-state index is -1.10. The van der Waals surface area contributed by atoms with Crippen LogP contribution < -0.4 is 5.73 Å². The van der Waals surface area contributed by atoms with Crippen LogP contribution >= 0.6 is 0 Å². The van der Waals surface area contributed by atoms with Crippen LogP contribution in [0.15, 0.2) is 18.2 Å². The van der Waals surface area contributed by atoms with E-state index in [-0.39, 0.29) is 17.5 Å². The highest BCUT2D eigenvalue weighted by atomic mass is 19.2. The van der Waals surface area contributed by atoms with Crippen LogP contribution in [0.3, 0.4) is 0 Å². The van der Waals surface area contributed by atoms with Crippen LogP contribution in [0.1, 0.15) is 41.6 Å². The first kappa shape index (κ1) is 19.7. The first-order valence-corrected chi connectivity index (χ1v) is 9.43. The van der Waals surface area contributed by atoms with Crippen LogP contribution in [0.4, 0.5) is 19.0 Å². The summed E-state index contributed by atoms with van der Waals surface area (Å²) in [5.41, 5.74) is 7.35. The topological polar surface area (TPSA) is 42.1 Å². The fraction of sp³-hybridized carbons (Fsp3) is 0.476. The van der Waals surface area contributed by atoms with Gasteiger partial charge in [0.25, 0.3) is 0 Å². The van der Waals surface area contributed by atoms with Crippen molar-refractivity contribution in [2.45, 2.75) is 51.5 Å². The number of rotatable bonds is 6. The molecule has 1 aliphatic heterocycles. The molecule has 27 heavy (non-hydrogen) atoms. The number of benzene rings is 1. The monoisotopic (exact) mass is 377 g/mol. The van der Waals surface area contributed by atoms with E-state index in [1.807, 2.05) is 20.0 Å². The molecule has 1 aromatic carbocycles. The number of nitrogens with zero attached hydrogens (tertiary/aromatic N) is 2. The number of hydrogen-bond donors (Lipinski definition) is 1. The molecule has 1 saturated heterocycles. The van der Waals surface area contributed by atoms with Crippen LogP contribution in [-0.4, -0.2) is 29.5 Å². The zero-order valence-electron chi connectivity index (χ0n) is 15.9. The predicted molar refractivity (Wildman–Crippen MR) is 101 cm³/mol. The van der Waals surface area contributed by atoms with Crippen molar-refractivity contribution in [3.63, 3.8) is 0 Å². The maximum Gasteiger partial charge on any atom is 0.164 e. The Morgan fingerprint density at radius 1 is 1.11 bits per heavy atom. The van der Waals surface area contributed by atoms with Gasteiger partial charge in [0.05, 0.1) is 0 Å². The Balaban J connectivity index is 1.76. The molecule has 6 heteroatoms. The summed E-state index contributed by atoms with van der Waals surface area (Å²) < 4.78 is 43.2. The molecule has 2 aromatic rings. The van der Waals surface area contributed by atoms with Crippen molar-refractivity contribution in [3.8, 4) is 0 Å². The zero-order valence-corrected chi connectivity index (χ0v) is 15.9. The van der Waals surface area contributed by atoms with Crippen molar-refractivity contribution >= 4 is 5.82 Å². The third-order valence-corrected chi connectivity index (χ3v) is 5.41. The Morgan fingerprint density at radius 3 is 2.56 bits per heavy atom. The molecule has 1 atom stereocenters. The third-order valence-electron chi connectivity index (χ3n) is 5.41. The van der Waals surface area contributed by atoms with Gasteiger partial charge in [-0.15, -0.1) is 0 Å². The number of aryl methyl sites for hydroxylation is 3. The summed E-state index contributed by atoms with van der Waals surface area (Å²) in [6.45, 7) is 2.91. The van der Waals surface area contributed by atoms with E-state index in [0.29, 0.717) is 30.4 Å². The lowest BCUT2D eigenvalue weighted by Crippen LogP contribution is -2.25. The van der Waals surface area contributed by atoms with Gasteiger partial charge >= 0.3 is 0 Å². The van der Waals surface area contributed by atoms with Gasteiger partial charge in [0.1, 0.15) is 11.6 Å². The van der Waals surface area contributed by atoms with Gasteiger partial charge in [-0.25, -0.2) is 18.2 Å². The lowest BCUT2D eigenvalue weighted by atomic mass is 9.97. The number of nitrogens with two attached hydrogens (primary N) is 1. The van der Waals surface area contributed by atoms with Crippen molar-refractivity contribution in [1.82, 2.24) is 9.88 Å². The summed E-state index contributed by atoms with van der Waals surface area (Å²) in [6, 6.07) is 4.93. The summed E-state index contributed by atoms with van der Waals surface area (Å²) in [5.74, 6) is -2.35. The van der Waals surface area contributed by atoms with E-state index in [9.17, 15) is 13.2 Å². The third kappa shape index (κ3) is 4.61. The van der Waals surface area contributed by atoms with E-state index in [2.05, 4.69) is 9.88 Å². The van der Waals surface area contributed by atoms with E-state index in [4.69, 9.17) is 5.73 Å². The number of aromatic nitrogens is 1. The Bertz CT molecular complexity index is 803. The number of halogens is 3. The number of hydrogen-bond acceptors (Lipinski definition) is 3. The van der Waals surface area contributed by atoms with E-state index in [1.54, 1.807) is 6.07 Å². The standard InChI is InChI=1S/C21H26F3N3/c1-13-10-15(26-19(25)11-13)6-8-17-20(23)14(12-18(22)21(17)24)5-7-16-4-3-9-27(16)2/h10-12,16H,3-9H2,1-2H3,(H2,25,26)/t16-/m0/s1. The fourth-order valence-electron chi connectivity index (χ4n) is 3.93. The summed E-state index contributed by atoms with van der Waals surface area (Å²) >= 11 is 0. The maximum absolute atomic E-state index is 14.9. The quantitative estimate of drug-likeness (QED) is 0.767. The van der Waals surface area contributed by atoms with Gasteiger partial charge in [-0.05, 0) is 88.4 Å². The average Bonchev–Trinajstić information content (AvgIpc) is 3.01. The van der Waals surface area contributed by atoms with Crippen molar-refractivity contribution < 1.29 is 13.2 Å². The highest BCUT2D eigenvalue weighted by Crippen LogP contribution is 2.26. The van der Waals surface area contributed by atoms with E-state index in [0.717, 1.165) is 37.4 Å². The number of nitrogen functional groups attached to an aromatic ring is 1. The second kappa shape index (κ2) is 8.30. The molecule has 1 aliphatic rings. The second-order valence-electron chi connectivity index (χ2n) is 7.50. The Labute approximate surface area is 158 Å². The van der Waals surface area contributed by atoms with Gasteiger partial charge < -0.3 is 10.6 Å². The van der Waals surface area contributed by atoms with Gasteiger partial charge in [0.2, 0.25) is 0 Å². The molecule has 3 nitrogen and oxygen atoms in total. The van der Waals surface area contributed by atoms with Gasteiger partial charge in [0.15, 0.2) is 11.6 Å². The maximum atomic E-state index is 14.9. The van der Waals surface area contributed by atoms with Crippen LogP contribution in [0.5, 0.6) is 0 Å². The molecular weight excluding hydrogens is 351 g/mol. The van der Waals surface area contributed by atoms with Crippen LogP contribution in [0, 0.1) is 24.4 Å². The molecule has 2 heterocycles. The molecule has 0 amide bonds. The van der Waals surface area contributed by atoms with Crippen molar-refractivity contribution in [2.24, 2.45) is 0 Å². The Morgan fingerprint density at radius 2 is 1.89 bits per heavy atom. The molecule has 0 aliphatic carbocycles. The van der Waals surface area contributed by atoms with Gasteiger partial charge in [-0.2, -0.15) is 0 Å². The van der Waals surface area contributed by atoms with Gasteiger partial charge in [0, 0.05) is 17.3 Å². The van der Waals surface area contributed by atoms with E-state index >= 15 is 0 Å². The normalized spacial score (nSPS) is 17.6. The summed E-state index contributed by atoms with van der Waals surface area (Å²) in [5, 5.41) is 0. The first-order valence-electron chi connectivity index (χ1n) is 9.43. The van der Waals surface area contributed by atoms with Crippen molar-refractivity contribution in [1.29, 1.82) is 0 Å². The first-order chi connectivity index (χ1) is 12.8. The molecular formula is C21H26F3N3. The molecule has 1 fully saturated rings. The highest BCUT2D eigenvalue weighted by molar-refractivity contribution is 5.35. The number of pyridine rings is 1. The SMILES string of the molecule is Cc1cc(N)nc(CCc2c(F)c(F)cc(CC[C@@H]3CCCN3C)c2F)c1. The summed E-state index contributed by atoms with van der Waals surface area (Å²) in [7, 11) is 2.05. The Hall–Kier alpha value is -2.08. The Kier molecular flexibility index (Phi) is 6.05. The number of anilines is 1. The van der Waals surface area contributed by atoms with Crippen molar-refractivity contribution in [3.05, 3.63) is 58.0 Å². The molecule has 2 N–H and O–H groups in total. The molecule has 0 unspecified atom stereocenters. The molecule has 3 rings (SSSR count). The smallest absolute Gasteiger partial charge is 0.164 e. The summed E-state index contributed by atoms with van der Waals surface area (Å²) in [4.78, 5) is 6.43. The lowest BCUT2D eigenvalue weighted by Gasteiger charge is -2.19. The highest BCUT2D eigenvalue weighted by Gasteiger charge is 2.23. The minimum Gasteiger partial charge on any atom is -0.384 e. The van der Waals surface area contributed by atoms with Gasteiger partial charge in [-0.1, -0.05) is 0 Å². The number of likely N-dealkylation sites (tertiary alicyclic amines) is 1. The van der Waals surface area contributed by atoms with Crippen molar-refractivity contribution in [2.75, 3.05) is 19.3 Å². The van der Waals surface area contributed by atoms with Crippen LogP contribution in [0.2, 0.25) is 0 Å². The van der Waals surface area contributed by atoms with E-state index < -0.39 is 17.5 Å². The average molecular weight is 377 g/mol. The molecule has 0 radical (unpaired) electrons. The lowest BCUT2D eigenvalue weighted by molar-refractivity contribution is 0.295. The van der Waals surface area contributed by atoms with Crippen LogP contribution in [-0.2, 0) is 19.3 Å². The van der Waals surface area contributed by atoms with E-state index in [1.165, 1.54) is 0 Å². The minimum absolute atomic E-state index is 0.0433. The molecule has 0 spiro atoms. The summed E-state index contributed by atoms with van der Waals surface area (Å²) in [6.07, 6.45) is 3.68. The largest absolute Gasteiger partial charge is 0.384 e. The zero-order chi connectivity index (χ0) is 19.6. The second-order valence-corrected chi connectivity index (χ2v) is 7.50. The molecule has 146 valence electrons. The molecule has 0 saturated carbocycles. The fourth-order valence-corrected chi connectivity index (χ4v) is 3.93.